The molecule has 1 fully saturated rings. The van der Waals surface area contributed by atoms with Crippen LogP contribution in [0.15, 0.2) is 48.5 Å². The first-order valence-electron chi connectivity index (χ1n) is 9.10. The Morgan fingerprint density at radius 1 is 1.14 bits per heavy atom. The summed E-state index contributed by atoms with van der Waals surface area (Å²) >= 11 is 0. The molecule has 28 heavy (non-hydrogen) atoms. The lowest BCUT2D eigenvalue weighted by molar-refractivity contribution is -0.131. The highest BCUT2D eigenvalue weighted by atomic mass is 19.3. The Labute approximate surface area is 161 Å². The molecule has 0 aromatic heterocycles. The van der Waals surface area contributed by atoms with Gasteiger partial charge in [0, 0.05) is 13.2 Å². The second kappa shape index (κ2) is 8.65. The van der Waals surface area contributed by atoms with Crippen molar-refractivity contribution in [2.75, 3.05) is 13.2 Å². The van der Waals surface area contributed by atoms with Gasteiger partial charge in [-0.25, -0.2) is 4.39 Å². The molecule has 0 radical (unpaired) electrons. The third kappa shape index (κ3) is 4.47. The van der Waals surface area contributed by atoms with Crippen molar-refractivity contribution in [2.45, 2.75) is 37.8 Å². The Hall–Kier alpha value is -2.54. The maximum Gasteiger partial charge on any atom is 0.387 e. The molecule has 1 N–H and O–H groups in total. The summed E-state index contributed by atoms with van der Waals surface area (Å²) in [6.45, 7) is -0.283. The van der Waals surface area contributed by atoms with E-state index in [4.69, 9.17) is 4.74 Å². The van der Waals surface area contributed by atoms with Gasteiger partial charge < -0.3 is 14.8 Å². The van der Waals surface area contributed by atoms with E-state index >= 15 is 0 Å². The van der Waals surface area contributed by atoms with Gasteiger partial charge in [-0.15, -0.1) is 0 Å². The summed E-state index contributed by atoms with van der Waals surface area (Å²) in [4.78, 5) is 13.2. The van der Waals surface area contributed by atoms with Crippen LogP contribution in [0.4, 0.5) is 13.2 Å². The molecule has 4 nitrogen and oxygen atoms in total. The Kier molecular flexibility index (Phi) is 6.24. The van der Waals surface area contributed by atoms with E-state index in [-0.39, 0.29) is 17.5 Å². The van der Waals surface area contributed by atoms with Gasteiger partial charge in [0.05, 0.1) is 11.5 Å². The molecular formula is C21H22F3NO3. The van der Waals surface area contributed by atoms with Crippen molar-refractivity contribution in [3.63, 3.8) is 0 Å². The smallest absolute Gasteiger partial charge is 0.387 e. The van der Waals surface area contributed by atoms with Crippen molar-refractivity contribution >= 4 is 5.91 Å². The normalized spacial score (nSPS) is 17.2. The van der Waals surface area contributed by atoms with Gasteiger partial charge in [0.15, 0.2) is 0 Å². The van der Waals surface area contributed by atoms with Crippen molar-refractivity contribution in [3.8, 4) is 5.75 Å². The van der Waals surface area contributed by atoms with Gasteiger partial charge in [0.25, 0.3) is 0 Å². The number of rotatable bonds is 6. The van der Waals surface area contributed by atoms with Crippen molar-refractivity contribution in [1.82, 2.24) is 5.32 Å². The summed E-state index contributed by atoms with van der Waals surface area (Å²) in [6, 6.07) is 11.8. The van der Waals surface area contributed by atoms with Gasteiger partial charge in [-0.05, 0) is 55.2 Å². The fourth-order valence-electron chi connectivity index (χ4n) is 3.51. The van der Waals surface area contributed by atoms with Gasteiger partial charge in [-0.2, -0.15) is 8.78 Å². The van der Waals surface area contributed by atoms with E-state index in [2.05, 4.69) is 10.1 Å². The Morgan fingerprint density at radius 3 is 2.46 bits per heavy atom. The molecule has 3 rings (SSSR count). The molecule has 0 spiro atoms. The lowest BCUT2D eigenvalue weighted by atomic mass is 9.73. The van der Waals surface area contributed by atoms with Crippen LogP contribution in [0.3, 0.4) is 0 Å². The van der Waals surface area contributed by atoms with Crippen molar-refractivity contribution in [1.29, 1.82) is 0 Å². The van der Waals surface area contributed by atoms with E-state index in [1.54, 1.807) is 31.2 Å². The average Bonchev–Trinajstić information content (AvgIpc) is 2.68. The van der Waals surface area contributed by atoms with Gasteiger partial charge in [0.1, 0.15) is 11.6 Å². The topological polar surface area (TPSA) is 47.6 Å². The fourth-order valence-corrected chi connectivity index (χ4v) is 3.51. The number of nitrogens with one attached hydrogen (secondary N) is 1. The molecular weight excluding hydrogens is 371 g/mol. The van der Waals surface area contributed by atoms with Crippen LogP contribution < -0.4 is 10.1 Å². The highest BCUT2D eigenvalue weighted by molar-refractivity contribution is 5.88. The molecule has 1 aliphatic heterocycles. The number of halogens is 3. The van der Waals surface area contributed by atoms with Crippen molar-refractivity contribution in [2.24, 2.45) is 0 Å². The molecule has 0 saturated carbocycles. The summed E-state index contributed by atoms with van der Waals surface area (Å²) in [5.74, 6) is -0.529. The maximum atomic E-state index is 13.3. The SMILES string of the molecule is CC(NC(=O)C1(c2ccc(F)cc2)CCOCC1)c1cccc(OC(F)F)c1. The molecule has 0 bridgehead atoms. The van der Waals surface area contributed by atoms with Crippen LogP contribution in [0, 0.1) is 5.82 Å². The number of carbonyl (C=O) groups excluding carboxylic acids is 1. The van der Waals surface area contributed by atoms with Crippen LogP contribution in [0.25, 0.3) is 0 Å². The summed E-state index contributed by atoms with van der Waals surface area (Å²) in [6.07, 6.45) is 0.956. The fraction of sp³-hybridized carbons (Fsp3) is 0.381. The summed E-state index contributed by atoms with van der Waals surface area (Å²) in [7, 11) is 0. The van der Waals surface area contributed by atoms with Crippen LogP contribution in [-0.4, -0.2) is 25.7 Å². The molecule has 7 heteroatoms. The minimum atomic E-state index is -2.91. The first-order chi connectivity index (χ1) is 13.4. The Bertz CT molecular complexity index is 805. The molecule has 1 saturated heterocycles. The number of ether oxygens (including phenoxy) is 2. The Morgan fingerprint density at radius 2 is 1.82 bits per heavy atom. The van der Waals surface area contributed by atoms with Crippen LogP contribution in [-0.2, 0) is 14.9 Å². The number of carbonyl (C=O) groups is 1. The predicted molar refractivity (Wildman–Crippen MR) is 97.8 cm³/mol. The first-order valence-corrected chi connectivity index (χ1v) is 9.10. The molecule has 1 atom stereocenters. The molecule has 2 aromatic carbocycles. The summed E-state index contributed by atoms with van der Waals surface area (Å²) in [5, 5.41) is 2.97. The van der Waals surface area contributed by atoms with E-state index < -0.39 is 18.1 Å². The average molecular weight is 393 g/mol. The minimum absolute atomic E-state index is 0.0351. The molecule has 2 aromatic rings. The number of hydrogen-bond donors (Lipinski definition) is 1. The zero-order valence-electron chi connectivity index (χ0n) is 15.5. The second-order valence-corrected chi connectivity index (χ2v) is 6.85. The molecule has 1 aliphatic rings. The maximum absolute atomic E-state index is 13.3. The lowest BCUT2D eigenvalue weighted by Crippen LogP contribution is -2.48. The van der Waals surface area contributed by atoms with E-state index in [0.717, 1.165) is 5.56 Å². The van der Waals surface area contributed by atoms with E-state index in [1.807, 2.05) is 0 Å². The quantitative estimate of drug-likeness (QED) is 0.794. The van der Waals surface area contributed by atoms with E-state index in [9.17, 15) is 18.0 Å². The van der Waals surface area contributed by atoms with Gasteiger partial charge in [-0.3, -0.25) is 4.79 Å². The van der Waals surface area contributed by atoms with Crippen molar-refractivity contribution in [3.05, 3.63) is 65.5 Å². The molecule has 1 heterocycles. The third-order valence-electron chi connectivity index (χ3n) is 5.11. The van der Waals surface area contributed by atoms with E-state index in [1.165, 1.54) is 24.3 Å². The monoisotopic (exact) mass is 393 g/mol. The van der Waals surface area contributed by atoms with Gasteiger partial charge >= 0.3 is 6.61 Å². The number of alkyl halides is 2. The summed E-state index contributed by atoms with van der Waals surface area (Å²) in [5.41, 5.74) is 0.557. The molecule has 150 valence electrons. The standard InChI is InChI=1S/C21H22F3NO3/c1-14(15-3-2-4-18(13-15)28-20(23)24)25-19(26)21(9-11-27-12-10-21)16-5-7-17(22)8-6-16/h2-8,13-14,20H,9-12H2,1H3,(H,25,26). The van der Waals surface area contributed by atoms with Crippen molar-refractivity contribution < 1.29 is 27.4 Å². The largest absolute Gasteiger partial charge is 0.435 e. The second-order valence-electron chi connectivity index (χ2n) is 6.85. The van der Waals surface area contributed by atoms with Crippen LogP contribution in [0.2, 0.25) is 0 Å². The minimum Gasteiger partial charge on any atom is -0.435 e. The van der Waals surface area contributed by atoms with E-state index in [0.29, 0.717) is 31.6 Å². The first kappa shape index (κ1) is 20.2. The van der Waals surface area contributed by atoms with Gasteiger partial charge in [-0.1, -0.05) is 24.3 Å². The highest BCUT2D eigenvalue weighted by Crippen LogP contribution is 2.36. The molecule has 1 amide bonds. The van der Waals surface area contributed by atoms with Gasteiger partial charge in [0.2, 0.25) is 5.91 Å². The number of amides is 1. The zero-order chi connectivity index (χ0) is 20.1. The zero-order valence-corrected chi connectivity index (χ0v) is 15.5. The number of benzene rings is 2. The highest BCUT2D eigenvalue weighted by Gasteiger charge is 2.42. The predicted octanol–water partition coefficient (Wildman–Crippen LogP) is 4.35. The van der Waals surface area contributed by atoms with Crippen LogP contribution in [0.1, 0.15) is 36.9 Å². The number of hydrogen-bond acceptors (Lipinski definition) is 3. The molecule has 0 aliphatic carbocycles. The summed E-state index contributed by atoms with van der Waals surface area (Å²) < 4.78 is 48.1. The Balaban J connectivity index is 1.81. The third-order valence-corrected chi connectivity index (χ3v) is 5.11. The lowest BCUT2D eigenvalue weighted by Gasteiger charge is -2.37. The molecule has 1 unspecified atom stereocenters. The van der Waals surface area contributed by atoms with Crippen LogP contribution in [0.5, 0.6) is 5.75 Å². The van der Waals surface area contributed by atoms with Crippen LogP contribution >= 0.6 is 0 Å².